The largest absolute Gasteiger partial charge is 0.297 e. The summed E-state index contributed by atoms with van der Waals surface area (Å²) in [7, 11) is 0. The van der Waals surface area contributed by atoms with Gasteiger partial charge in [-0.05, 0) is 37.1 Å². The van der Waals surface area contributed by atoms with E-state index in [0.717, 1.165) is 22.3 Å². The van der Waals surface area contributed by atoms with Crippen LogP contribution in [0.25, 0.3) is 16.0 Å². The second kappa shape index (κ2) is 5.64. The predicted molar refractivity (Wildman–Crippen MR) is 92.5 cm³/mol. The quantitative estimate of drug-likeness (QED) is 0.621. The highest BCUT2D eigenvalue weighted by Gasteiger charge is 2.16. The summed E-state index contributed by atoms with van der Waals surface area (Å²) in [6.45, 7) is 3.99. The van der Waals surface area contributed by atoms with E-state index in [2.05, 4.69) is 38.4 Å². The molecule has 7 nitrogen and oxygen atoms in total. The zero-order chi connectivity index (χ0) is 16.7. The zero-order valence-corrected chi connectivity index (χ0v) is 14.0. The van der Waals surface area contributed by atoms with Crippen LogP contribution in [0, 0.1) is 6.92 Å². The van der Waals surface area contributed by atoms with Gasteiger partial charge in [0.15, 0.2) is 5.13 Å². The maximum absolute atomic E-state index is 12.4. The monoisotopic (exact) mass is 338 g/mol. The molecule has 0 aliphatic carbocycles. The van der Waals surface area contributed by atoms with Gasteiger partial charge >= 0.3 is 0 Å². The average Bonchev–Trinajstić information content (AvgIpc) is 3.18. The fourth-order valence-electron chi connectivity index (χ4n) is 2.40. The molecule has 0 radical (unpaired) electrons. The van der Waals surface area contributed by atoms with E-state index in [1.165, 1.54) is 16.9 Å². The van der Waals surface area contributed by atoms with Crippen molar-refractivity contribution in [3.8, 4) is 0 Å². The highest BCUT2D eigenvalue weighted by atomic mass is 32.1. The lowest BCUT2D eigenvalue weighted by Crippen LogP contribution is -2.13. The molecule has 120 valence electrons. The van der Waals surface area contributed by atoms with Gasteiger partial charge in [0.2, 0.25) is 5.82 Å². The molecule has 1 aromatic carbocycles. The molecule has 0 unspecified atom stereocenters. The normalized spacial score (nSPS) is 11.2. The third-order valence-electron chi connectivity index (χ3n) is 3.71. The molecule has 3 heterocycles. The van der Waals surface area contributed by atoms with Crippen molar-refractivity contribution in [3.05, 3.63) is 47.5 Å². The molecular weight excluding hydrogens is 324 g/mol. The molecule has 0 fully saturated rings. The molecule has 24 heavy (non-hydrogen) atoms. The summed E-state index contributed by atoms with van der Waals surface area (Å²) in [6, 6.07) is 7.92. The number of anilines is 1. The third kappa shape index (κ3) is 2.50. The number of amides is 1. The number of carbonyl (C=O) groups excluding carboxylic acids is 1. The Morgan fingerprint density at radius 3 is 2.96 bits per heavy atom. The van der Waals surface area contributed by atoms with Crippen molar-refractivity contribution < 1.29 is 4.79 Å². The molecule has 0 aliphatic heterocycles. The number of carbonyl (C=O) groups is 1. The van der Waals surface area contributed by atoms with Crippen LogP contribution in [0.3, 0.4) is 0 Å². The summed E-state index contributed by atoms with van der Waals surface area (Å²) >= 11 is 1.44. The van der Waals surface area contributed by atoms with Crippen LogP contribution in [0.5, 0.6) is 0 Å². The Bertz CT molecular complexity index is 1070. The van der Waals surface area contributed by atoms with Crippen LogP contribution >= 0.6 is 11.3 Å². The Kier molecular flexibility index (Phi) is 3.46. The van der Waals surface area contributed by atoms with Gasteiger partial charge in [-0.1, -0.05) is 24.3 Å². The summed E-state index contributed by atoms with van der Waals surface area (Å²) in [5.74, 6) is 0.0806. The third-order valence-corrected chi connectivity index (χ3v) is 4.65. The van der Waals surface area contributed by atoms with E-state index in [4.69, 9.17) is 0 Å². The van der Waals surface area contributed by atoms with Gasteiger partial charge in [0.1, 0.15) is 0 Å². The van der Waals surface area contributed by atoms with Crippen LogP contribution in [0.15, 0.2) is 30.5 Å². The van der Waals surface area contributed by atoms with E-state index in [1.54, 1.807) is 10.7 Å². The van der Waals surface area contributed by atoms with Crippen molar-refractivity contribution in [2.24, 2.45) is 0 Å². The number of nitrogens with one attached hydrogen (secondary N) is 1. The van der Waals surface area contributed by atoms with E-state index < -0.39 is 5.91 Å². The minimum atomic E-state index is -0.394. The summed E-state index contributed by atoms with van der Waals surface area (Å²) in [5.41, 5.74) is 2.97. The van der Waals surface area contributed by atoms with E-state index in [1.807, 2.05) is 25.1 Å². The van der Waals surface area contributed by atoms with Crippen molar-refractivity contribution in [3.63, 3.8) is 0 Å². The van der Waals surface area contributed by atoms with Gasteiger partial charge < -0.3 is 0 Å². The number of benzene rings is 1. The first-order valence-corrected chi connectivity index (χ1v) is 8.35. The summed E-state index contributed by atoms with van der Waals surface area (Å²) in [4.78, 5) is 25.1. The fourth-order valence-corrected chi connectivity index (χ4v) is 3.32. The summed E-state index contributed by atoms with van der Waals surface area (Å²) in [5, 5.41) is 7.50. The van der Waals surface area contributed by atoms with E-state index >= 15 is 0 Å². The Morgan fingerprint density at radius 2 is 2.17 bits per heavy atom. The number of hydrogen-bond acceptors (Lipinski definition) is 6. The molecule has 1 N–H and O–H groups in total. The number of rotatable bonds is 3. The zero-order valence-electron chi connectivity index (χ0n) is 13.1. The van der Waals surface area contributed by atoms with Crippen molar-refractivity contribution in [1.82, 2.24) is 24.6 Å². The molecule has 0 aliphatic rings. The second-order valence-corrected chi connectivity index (χ2v) is 6.39. The van der Waals surface area contributed by atoms with Crippen LogP contribution in [-0.4, -0.2) is 30.5 Å². The van der Waals surface area contributed by atoms with Crippen LogP contribution in [0.2, 0.25) is 0 Å². The molecule has 8 heteroatoms. The summed E-state index contributed by atoms with van der Waals surface area (Å²) in [6.07, 6.45) is 2.60. The van der Waals surface area contributed by atoms with Crippen molar-refractivity contribution in [2.45, 2.75) is 20.3 Å². The van der Waals surface area contributed by atoms with E-state index in [0.29, 0.717) is 10.9 Å². The van der Waals surface area contributed by atoms with Gasteiger partial charge in [-0.2, -0.15) is 4.98 Å². The topological polar surface area (TPSA) is 85.1 Å². The molecule has 4 aromatic rings. The van der Waals surface area contributed by atoms with Crippen molar-refractivity contribution >= 4 is 38.4 Å². The van der Waals surface area contributed by atoms with E-state index in [9.17, 15) is 4.79 Å². The molecule has 0 spiro atoms. The second-order valence-electron chi connectivity index (χ2n) is 5.36. The molecule has 0 saturated heterocycles. The highest BCUT2D eigenvalue weighted by Crippen LogP contribution is 2.27. The van der Waals surface area contributed by atoms with Crippen LogP contribution in [0.4, 0.5) is 5.13 Å². The smallest absolute Gasteiger partial charge is 0.295 e. The molecule has 1 amide bonds. The van der Waals surface area contributed by atoms with Gasteiger partial charge in [0.05, 0.1) is 10.2 Å². The van der Waals surface area contributed by atoms with Crippen LogP contribution in [-0.2, 0) is 6.42 Å². The first-order valence-electron chi connectivity index (χ1n) is 7.53. The number of aromatic nitrogens is 5. The van der Waals surface area contributed by atoms with E-state index in [-0.39, 0.29) is 5.82 Å². The molecule has 3 aromatic heterocycles. The van der Waals surface area contributed by atoms with Crippen molar-refractivity contribution in [2.75, 3.05) is 5.32 Å². The van der Waals surface area contributed by atoms with Gasteiger partial charge in [0.25, 0.3) is 11.7 Å². The lowest BCUT2D eigenvalue weighted by atomic mass is 10.2. The number of fused-ring (bicyclic) bond motifs is 2. The van der Waals surface area contributed by atoms with Gasteiger partial charge in [0, 0.05) is 11.9 Å². The Morgan fingerprint density at radius 1 is 1.29 bits per heavy atom. The molecule has 0 bridgehead atoms. The van der Waals surface area contributed by atoms with Gasteiger partial charge in [-0.3, -0.25) is 10.1 Å². The Hall–Kier alpha value is -2.87. The maximum Gasteiger partial charge on any atom is 0.297 e. The van der Waals surface area contributed by atoms with Crippen LogP contribution in [0.1, 0.15) is 28.8 Å². The van der Waals surface area contributed by atoms with Gasteiger partial charge in [-0.15, -0.1) is 5.10 Å². The molecule has 4 rings (SSSR count). The lowest BCUT2D eigenvalue weighted by molar-refractivity contribution is 0.101. The minimum Gasteiger partial charge on any atom is -0.295 e. The number of thiazole rings is 1. The Labute approximate surface area is 141 Å². The first-order chi connectivity index (χ1) is 11.6. The standard InChI is InChI=1S/C16H14N6OS/c1-3-10-4-5-11-12(8-10)24-16(18-11)20-14(23)13-19-15-17-7-6-9(2)22(15)21-13/h4-8H,3H2,1-2H3,(H,18,20,23). The average molecular weight is 338 g/mol. The lowest BCUT2D eigenvalue weighted by Gasteiger charge is -1.95. The van der Waals surface area contributed by atoms with Crippen molar-refractivity contribution in [1.29, 1.82) is 0 Å². The molecule has 0 atom stereocenters. The predicted octanol–water partition coefficient (Wildman–Crippen LogP) is 2.86. The number of hydrogen-bond donors (Lipinski definition) is 1. The SMILES string of the molecule is CCc1ccc2nc(NC(=O)c3nc4nccc(C)n4n3)sc2c1. The molecule has 0 saturated carbocycles. The van der Waals surface area contributed by atoms with Gasteiger partial charge in [-0.25, -0.2) is 14.5 Å². The fraction of sp³-hybridized carbons (Fsp3) is 0.188. The highest BCUT2D eigenvalue weighted by molar-refractivity contribution is 7.22. The molecular formula is C16H14N6OS. The first kappa shape index (κ1) is 14.7. The summed E-state index contributed by atoms with van der Waals surface area (Å²) < 4.78 is 2.59. The minimum absolute atomic E-state index is 0.0744. The number of aryl methyl sites for hydroxylation is 2. The Balaban J connectivity index is 1.64. The number of nitrogens with zero attached hydrogens (tertiary/aromatic N) is 5. The maximum atomic E-state index is 12.4. The van der Waals surface area contributed by atoms with Crippen LogP contribution < -0.4 is 5.32 Å².